The summed E-state index contributed by atoms with van der Waals surface area (Å²) in [5.74, 6) is 0.801. The van der Waals surface area contributed by atoms with Crippen molar-refractivity contribution in [3.05, 3.63) is 0 Å². The lowest BCUT2D eigenvalue weighted by Crippen LogP contribution is -2.59. The van der Waals surface area contributed by atoms with Gasteiger partial charge in [-0.3, -0.25) is 4.79 Å². The number of aliphatic hydroxyl groups is 1. The number of rotatable bonds is 2. The predicted octanol–water partition coefficient (Wildman–Crippen LogP) is 3.34. The van der Waals surface area contributed by atoms with Crippen molar-refractivity contribution in [2.24, 2.45) is 22.7 Å². The van der Waals surface area contributed by atoms with Crippen LogP contribution in [-0.2, 0) is 9.53 Å². The van der Waals surface area contributed by atoms with E-state index in [0.29, 0.717) is 11.3 Å². The molecule has 0 spiro atoms. The van der Waals surface area contributed by atoms with E-state index < -0.39 is 5.60 Å². The molecule has 21 heavy (non-hydrogen) atoms. The van der Waals surface area contributed by atoms with Crippen LogP contribution in [0, 0.1) is 22.7 Å². The lowest BCUT2D eigenvalue weighted by molar-refractivity contribution is -0.173. The second-order valence-electron chi connectivity index (χ2n) is 8.91. The Hall–Kier alpha value is -0.410. The first kappa shape index (κ1) is 15.5. The number of Topliss-reactive ketones (excluding diaryl/α,β-unsaturated/α-hetero) is 1. The van der Waals surface area contributed by atoms with Crippen LogP contribution in [0.1, 0.15) is 66.7 Å². The van der Waals surface area contributed by atoms with E-state index in [1.807, 2.05) is 6.92 Å². The number of hydrogen-bond donors (Lipinski definition) is 1. The van der Waals surface area contributed by atoms with Gasteiger partial charge in [0, 0.05) is 5.92 Å². The van der Waals surface area contributed by atoms with E-state index in [-0.39, 0.29) is 29.3 Å². The highest BCUT2D eigenvalue weighted by atomic mass is 16.6. The fraction of sp³-hybridized carbons (Fsp3) is 0.944. The lowest BCUT2D eigenvalue weighted by atomic mass is 9.45. The maximum Gasteiger partial charge on any atom is 0.161 e. The van der Waals surface area contributed by atoms with Gasteiger partial charge in [0.05, 0.1) is 11.7 Å². The molecule has 3 heteroatoms. The molecule has 0 aromatic heterocycles. The summed E-state index contributed by atoms with van der Waals surface area (Å²) in [6.45, 7) is 10.7. The standard InChI is InChI=1S/C18H30O3/c1-11(19)13-14(21-13)15-17(4)9-6-8-16(2,3)12(17)7-10-18(15,5)20/h12-15,20H,6-10H2,1-5H3. The van der Waals surface area contributed by atoms with Gasteiger partial charge < -0.3 is 9.84 Å². The second kappa shape index (κ2) is 4.55. The summed E-state index contributed by atoms with van der Waals surface area (Å²) in [7, 11) is 0. The van der Waals surface area contributed by atoms with Crippen molar-refractivity contribution < 1.29 is 14.6 Å². The van der Waals surface area contributed by atoms with Gasteiger partial charge in [-0.05, 0) is 56.3 Å². The Morgan fingerprint density at radius 1 is 1.14 bits per heavy atom. The molecule has 120 valence electrons. The molecule has 0 aromatic rings. The molecule has 6 unspecified atom stereocenters. The number of epoxide rings is 1. The maximum absolute atomic E-state index is 11.7. The molecular formula is C18H30O3. The van der Waals surface area contributed by atoms with Gasteiger partial charge in [0.1, 0.15) is 6.10 Å². The number of ketones is 1. The Balaban J connectivity index is 1.96. The van der Waals surface area contributed by atoms with Gasteiger partial charge in [-0.1, -0.05) is 27.2 Å². The number of ether oxygens (including phenoxy) is 1. The minimum Gasteiger partial charge on any atom is -0.390 e. The largest absolute Gasteiger partial charge is 0.390 e. The minimum absolute atomic E-state index is 0.0702. The first-order chi connectivity index (χ1) is 9.59. The van der Waals surface area contributed by atoms with E-state index in [1.165, 1.54) is 12.8 Å². The number of carbonyl (C=O) groups excluding carboxylic acids is 1. The zero-order valence-corrected chi connectivity index (χ0v) is 14.1. The number of carbonyl (C=O) groups is 1. The molecule has 6 atom stereocenters. The average Bonchev–Trinajstić information content (AvgIpc) is 3.05. The Kier molecular flexibility index (Phi) is 3.35. The van der Waals surface area contributed by atoms with Crippen LogP contribution in [0.25, 0.3) is 0 Å². The van der Waals surface area contributed by atoms with Gasteiger partial charge in [-0.25, -0.2) is 0 Å². The summed E-state index contributed by atoms with van der Waals surface area (Å²) < 4.78 is 5.73. The van der Waals surface area contributed by atoms with Crippen molar-refractivity contribution in [2.75, 3.05) is 0 Å². The third-order valence-corrected chi connectivity index (χ3v) is 6.85. The monoisotopic (exact) mass is 294 g/mol. The van der Waals surface area contributed by atoms with Gasteiger partial charge in [0.15, 0.2) is 5.78 Å². The van der Waals surface area contributed by atoms with Gasteiger partial charge in [-0.15, -0.1) is 0 Å². The summed E-state index contributed by atoms with van der Waals surface area (Å²) in [6, 6.07) is 0. The van der Waals surface area contributed by atoms with Crippen LogP contribution in [-0.4, -0.2) is 28.7 Å². The van der Waals surface area contributed by atoms with Crippen molar-refractivity contribution in [2.45, 2.75) is 84.5 Å². The van der Waals surface area contributed by atoms with E-state index in [0.717, 1.165) is 19.3 Å². The molecule has 3 nitrogen and oxygen atoms in total. The first-order valence-corrected chi connectivity index (χ1v) is 8.48. The van der Waals surface area contributed by atoms with Crippen molar-refractivity contribution in [1.29, 1.82) is 0 Å². The van der Waals surface area contributed by atoms with Crippen LogP contribution >= 0.6 is 0 Å². The van der Waals surface area contributed by atoms with E-state index in [9.17, 15) is 9.90 Å². The summed E-state index contributed by atoms with van der Waals surface area (Å²) in [5, 5.41) is 11.0. The van der Waals surface area contributed by atoms with Gasteiger partial charge in [-0.2, -0.15) is 0 Å². The van der Waals surface area contributed by atoms with E-state index in [1.54, 1.807) is 6.92 Å². The Morgan fingerprint density at radius 2 is 1.81 bits per heavy atom. The van der Waals surface area contributed by atoms with Crippen molar-refractivity contribution in [3.8, 4) is 0 Å². The highest BCUT2D eigenvalue weighted by molar-refractivity contribution is 5.83. The van der Waals surface area contributed by atoms with Crippen LogP contribution in [0.15, 0.2) is 0 Å². The van der Waals surface area contributed by atoms with Crippen LogP contribution in [0.3, 0.4) is 0 Å². The molecule has 1 heterocycles. The summed E-state index contributed by atoms with van der Waals surface area (Å²) in [5.41, 5.74) is -0.311. The van der Waals surface area contributed by atoms with Crippen molar-refractivity contribution in [1.82, 2.24) is 0 Å². The summed E-state index contributed by atoms with van der Waals surface area (Å²) >= 11 is 0. The summed E-state index contributed by atoms with van der Waals surface area (Å²) in [6.07, 6.45) is 5.19. The van der Waals surface area contributed by atoms with Crippen LogP contribution < -0.4 is 0 Å². The maximum atomic E-state index is 11.7. The fourth-order valence-electron chi connectivity index (χ4n) is 5.99. The SMILES string of the molecule is CC(=O)C1OC1C1C(C)(O)CCC2C(C)(C)CCCC21C. The Bertz CT molecular complexity index is 453. The van der Waals surface area contributed by atoms with E-state index in [4.69, 9.17) is 4.74 Å². The molecule has 0 aromatic carbocycles. The van der Waals surface area contributed by atoms with Crippen LogP contribution in [0.5, 0.6) is 0 Å². The van der Waals surface area contributed by atoms with E-state index >= 15 is 0 Å². The average molecular weight is 294 g/mol. The third-order valence-electron chi connectivity index (χ3n) is 6.85. The van der Waals surface area contributed by atoms with Gasteiger partial charge >= 0.3 is 0 Å². The quantitative estimate of drug-likeness (QED) is 0.795. The molecule has 0 amide bonds. The fourth-order valence-corrected chi connectivity index (χ4v) is 5.99. The number of fused-ring (bicyclic) bond motifs is 1. The van der Waals surface area contributed by atoms with Gasteiger partial charge in [0.25, 0.3) is 0 Å². The molecule has 0 bridgehead atoms. The van der Waals surface area contributed by atoms with E-state index in [2.05, 4.69) is 20.8 Å². The first-order valence-electron chi connectivity index (χ1n) is 8.48. The molecule has 3 fully saturated rings. The van der Waals surface area contributed by atoms with Gasteiger partial charge in [0.2, 0.25) is 0 Å². The highest BCUT2D eigenvalue weighted by Gasteiger charge is 2.65. The molecule has 3 aliphatic rings. The molecule has 0 radical (unpaired) electrons. The van der Waals surface area contributed by atoms with Crippen molar-refractivity contribution in [3.63, 3.8) is 0 Å². The smallest absolute Gasteiger partial charge is 0.161 e. The highest BCUT2D eigenvalue weighted by Crippen LogP contribution is 2.64. The Morgan fingerprint density at radius 3 is 2.38 bits per heavy atom. The topological polar surface area (TPSA) is 49.8 Å². The predicted molar refractivity (Wildman–Crippen MR) is 81.9 cm³/mol. The van der Waals surface area contributed by atoms with Crippen LogP contribution in [0.4, 0.5) is 0 Å². The van der Waals surface area contributed by atoms with Crippen LogP contribution in [0.2, 0.25) is 0 Å². The molecular weight excluding hydrogens is 264 g/mol. The molecule has 2 saturated carbocycles. The van der Waals surface area contributed by atoms with Crippen molar-refractivity contribution >= 4 is 5.78 Å². The summed E-state index contributed by atoms with van der Waals surface area (Å²) in [4.78, 5) is 11.7. The molecule has 1 aliphatic heterocycles. The number of hydrogen-bond acceptors (Lipinski definition) is 3. The normalized spacial score (nSPS) is 52.1. The third kappa shape index (κ3) is 2.28. The zero-order chi connectivity index (χ0) is 15.6. The Labute approximate surface area is 128 Å². The lowest BCUT2D eigenvalue weighted by Gasteiger charge is -2.61. The molecule has 3 rings (SSSR count). The zero-order valence-electron chi connectivity index (χ0n) is 14.1. The minimum atomic E-state index is -0.715. The molecule has 1 saturated heterocycles. The second-order valence-corrected chi connectivity index (χ2v) is 8.91. The molecule has 1 N–H and O–H groups in total. The molecule has 2 aliphatic carbocycles.